The summed E-state index contributed by atoms with van der Waals surface area (Å²) in [7, 11) is 0. The van der Waals surface area contributed by atoms with Gasteiger partial charge in [0.25, 0.3) is 0 Å². The molecule has 0 heterocycles. The van der Waals surface area contributed by atoms with Gasteiger partial charge in [0.2, 0.25) is 0 Å². The first-order chi connectivity index (χ1) is 13.3. The molecule has 0 radical (unpaired) electrons. The summed E-state index contributed by atoms with van der Waals surface area (Å²) in [6, 6.07) is 3.62. The van der Waals surface area contributed by atoms with Crippen LogP contribution in [-0.4, -0.2) is 5.71 Å². The third-order valence-corrected chi connectivity index (χ3v) is 4.44. The zero-order valence-corrected chi connectivity index (χ0v) is 18.7. The molecule has 0 saturated heterocycles. The van der Waals surface area contributed by atoms with Gasteiger partial charge in [-0.1, -0.05) is 51.8 Å². The highest BCUT2D eigenvalue weighted by molar-refractivity contribution is 6.03. The van der Waals surface area contributed by atoms with E-state index < -0.39 is 11.6 Å². The van der Waals surface area contributed by atoms with Crippen molar-refractivity contribution in [3.8, 4) is 0 Å². The molecular formula is C25H37F2N. The molecule has 0 bridgehead atoms. The van der Waals surface area contributed by atoms with Crippen LogP contribution in [-0.2, 0) is 6.42 Å². The van der Waals surface area contributed by atoms with E-state index in [1.165, 1.54) is 28.9 Å². The first-order valence-corrected chi connectivity index (χ1v) is 10.3. The second-order valence-electron chi connectivity index (χ2n) is 6.71. The highest BCUT2D eigenvalue weighted by Gasteiger charge is 2.09. The Kier molecular flexibility index (Phi) is 13.9. The second-order valence-corrected chi connectivity index (χ2v) is 6.71. The molecule has 0 fully saturated rings. The maximum Gasteiger partial charge on any atom is 0.126 e. The van der Waals surface area contributed by atoms with Gasteiger partial charge in [0.1, 0.15) is 11.6 Å². The maximum absolute atomic E-state index is 12.5. The predicted octanol–water partition coefficient (Wildman–Crippen LogP) is 8.37. The molecule has 0 amide bonds. The topological polar surface area (TPSA) is 12.4 Å². The molecule has 0 aliphatic carbocycles. The molecule has 0 aromatic heterocycles. The third-order valence-electron chi connectivity index (χ3n) is 4.44. The number of benzene rings is 1. The van der Waals surface area contributed by atoms with E-state index in [-0.39, 0.29) is 0 Å². The van der Waals surface area contributed by atoms with Crippen molar-refractivity contribution in [1.29, 1.82) is 0 Å². The maximum atomic E-state index is 12.5. The molecule has 1 rings (SSSR count). The zero-order valence-electron chi connectivity index (χ0n) is 18.7. The fraction of sp³-hybridized carbons (Fsp3) is 0.480. The minimum absolute atomic E-state index is 0.492. The first kappa shape index (κ1) is 26.0. The van der Waals surface area contributed by atoms with Crippen molar-refractivity contribution >= 4 is 5.71 Å². The molecule has 0 saturated carbocycles. The van der Waals surface area contributed by atoms with E-state index in [4.69, 9.17) is 0 Å². The van der Waals surface area contributed by atoms with E-state index in [0.717, 1.165) is 49.4 Å². The van der Waals surface area contributed by atoms with Crippen molar-refractivity contribution in [2.75, 3.05) is 0 Å². The molecule has 0 atom stereocenters. The lowest BCUT2D eigenvalue weighted by Gasteiger charge is -2.13. The monoisotopic (exact) mass is 389 g/mol. The average molecular weight is 390 g/mol. The Morgan fingerprint density at radius 2 is 1.57 bits per heavy atom. The molecule has 156 valence electrons. The molecule has 0 N–H and O–H groups in total. The van der Waals surface area contributed by atoms with Crippen molar-refractivity contribution < 1.29 is 8.78 Å². The number of nitrogens with zero attached hydrogens (tertiary/aromatic N) is 1. The first-order valence-electron chi connectivity index (χ1n) is 10.3. The lowest BCUT2D eigenvalue weighted by atomic mass is 9.93. The zero-order chi connectivity index (χ0) is 21.5. The van der Waals surface area contributed by atoms with E-state index in [2.05, 4.69) is 58.7 Å². The van der Waals surface area contributed by atoms with Crippen LogP contribution in [0.3, 0.4) is 0 Å². The summed E-state index contributed by atoms with van der Waals surface area (Å²) in [6.45, 7) is 14.9. The highest BCUT2D eigenvalue weighted by atomic mass is 19.1. The molecule has 0 aliphatic heterocycles. The minimum atomic E-state index is -0.492. The summed E-state index contributed by atoms with van der Waals surface area (Å²) in [5.74, 6) is -0.984. The average Bonchev–Trinajstić information content (AvgIpc) is 2.65. The number of hydrogen-bond acceptors (Lipinski definition) is 1. The van der Waals surface area contributed by atoms with Gasteiger partial charge in [0, 0.05) is 18.0 Å². The van der Waals surface area contributed by atoms with Crippen LogP contribution in [0.2, 0.25) is 0 Å². The van der Waals surface area contributed by atoms with Crippen molar-refractivity contribution in [1.82, 2.24) is 0 Å². The lowest BCUT2D eigenvalue weighted by Crippen LogP contribution is -2.03. The minimum Gasteiger partial charge on any atom is -0.261 e. The number of hydrogen-bond donors (Lipinski definition) is 0. The summed E-state index contributed by atoms with van der Waals surface area (Å²) < 4.78 is 25.0. The molecule has 1 nitrogen and oxygen atoms in total. The normalized spacial score (nSPS) is 13.3. The molecular weight excluding hydrogens is 352 g/mol. The van der Waals surface area contributed by atoms with Crippen molar-refractivity contribution in [2.45, 2.75) is 80.6 Å². The highest BCUT2D eigenvalue weighted by Crippen LogP contribution is 2.22. The number of allylic oxidation sites excluding steroid dienone is 5. The van der Waals surface area contributed by atoms with E-state index >= 15 is 0 Å². The Balaban J connectivity index is 0.000000567. The van der Waals surface area contributed by atoms with Crippen molar-refractivity contribution in [3.63, 3.8) is 0 Å². The van der Waals surface area contributed by atoms with Crippen LogP contribution >= 0.6 is 0 Å². The van der Waals surface area contributed by atoms with Gasteiger partial charge in [0.05, 0.1) is 0 Å². The van der Waals surface area contributed by atoms with E-state index in [1.54, 1.807) is 0 Å². The van der Waals surface area contributed by atoms with Crippen LogP contribution in [0.4, 0.5) is 8.78 Å². The Labute approximate surface area is 171 Å². The van der Waals surface area contributed by atoms with Gasteiger partial charge in [-0.2, -0.15) is 0 Å². The quantitative estimate of drug-likeness (QED) is 0.313. The van der Waals surface area contributed by atoms with Crippen LogP contribution in [0.15, 0.2) is 58.3 Å². The Bertz CT molecular complexity index is 689. The van der Waals surface area contributed by atoms with Crippen molar-refractivity contribution in [3.05, 3.63) is 70.5 Å². The van der Waals surface area contributed by atoms with Gasteiger partial charge in [-0.25, -0.2) is 8.78 Å². The van der Waals surface area contributed by atoms with Gasteiger partial charge in [0.15, 0.2) is 0 Å². The summed E-state index contributed by atoms with van der Waals surface area (Å²) in [4.78, 5) is 4.54. The summed E-state index contributed by atoms with van der Waals surface area (Å²) in [5, 5.41) is 0. The molecule has 0 aliphatic rings. The third kappa shape index (κ3) is 9.77. The largest absolute Gasteiger partial charge is 0.261 e. The Morgan fingerprint density at radius 1 is 0.964 bits per heavy atom. The number of halogens is 2. The summed E-state index contributed by atoms with van der Waals surface area (Å²) in [6.07, 6.45) is 11.0. The van der Waals surface area contributed by atoms with Crippen molar-refractivity contribution in [2.24, 2.45) is 4.99 Å². The fourth-order valence-corrected chi connectivity index (χ4v) is 2.90. The van der Waals surface area contributed by atoms with Gasteiger partial charge in [-0.15, -0.1) is 0 Å². The predicted molar refractivity (Wildman–Crippen MR) is 120 cm³/mol. The SMILES string of the molecule is CCCc1cc(F)cc(F)c1.C\C=C(CC)/C(C(/C)=N/C=C/CC)=C(/C)CC. The van der Waals surface area contributed by atoms with Gasteiger partial charge < -0.3 is 0 Å². The van der Waals surface area contributed by atoms with Crippen LogP contribution in [0, 0.1) is 11.6 Å². The fourth-order valence-electron chi connectivity index (χ4n) is 2.90. The standard InChI is InChI=1S/C16H27N.C9H10F2/c1-7-11-12-17-14(6)16(13(5)8-2)15(9-3)10-4;1-2-3-7-4-8(10)6-9(11)5-7/h9,11-12H,7-8,10H2,1-6H3;4-6H,2-3H2,1H3/b12-11+,15-9-,16-13-,17-14+;. The van der Waals surface area contributed by atoms with Crippen LogP contribution in [0.1, 0.15) is 79.7 Å². The number of aryl methyl sites for hydroxylation is 1. The van der Waals surface area contributed by atoms with E-state index in [9.17, 15) is 8.78 Å². The van der Waals surface area contributed by atoms with Gasteiger partial charge in [-0.05, 0) is 75.3 Å². The summed E-state index contributed by atoms with van der Waals surface area (Å²) in [5.41, 5.74) is 6.02. The molecule has 28 heavy (non-hydrogen) atoms. The lowest BCUT2D eigenvalue weighted by molar-refractivity contribution is 0.579. The summed E-state index contributed by atoms with van der Waals surface area (Å²) >= 11 is 0. The van der Waals surface area contributed by atoms with Gasteiger partial charge >= 0.3 is 0 Å². The Hall–Kier alpha value is -2.03. The smallest absolute Gasteiger partial charge is 0.126 e. The number of aliphatic imine (C=N–C) groups is 1. The van der Waals surface area contributed by atoms with E-state index in [1.807, 2.05) is 13.1 Å². The van der Waals surface area contributed by atoms with E-state index in [0.29, 0.717) is 0 Å². The van der Waals surface area contributed by atoms with Crippen LogP contribution in [0.5, 0.6) is 0 Å². The Morgan fingerprint density at radius 3 is 2.00 bits per heavy atom. The molecule has 0 unspecified atom stereocenters. The second kappa shape index (κ2) is 15.0. The molecule has 3 heteroatoms. The van der Waals surface area contributed by atoms with Crippen LogP contribution < -0.4 is 0 Å². The molecule has 1 aromatic rings. The molecule has 1 aromatic carbocycles. The van der Waals surface area contributed by atoms with Gasteiger partial charge in [-0.3, -0.25) is 4.99 Å². The van der Waals surface area contributed by atoms with Crippen LogP contribution in [0.25, 0.3) is 0 Å². The number of rotatable bonds is 8. The molecule has 0 spiro atoms.